The second-order valence-corrected chi connectivity index (χ2v) is 7.92. The van der Waals surface area contributed by atoms with E-state index in [0.29, 0.717) is 12.5 Å². The van der Waals surface area contributed by atoms with Gasteiger partial charge in [0.05, 0.1) is 0 Å². The van der Waals surface area contributed by atoms with Gasteiger partial charge in [0.15, 0.2) is 0 Å². The van der Waals surface area contributed by atoms with Crippen molar-refractivity contribution in [1.29, 1.82) is 0 Å². The van der Waals surface area contributed by atoms with Crippen LogP contribution >= 0.6 is 15.9 Å². The highest BCUT2D eigenvalue weighted by Crippen LogP contribution is 2.33. The molecule has 1 aliphatic rings. The second-order valence-electron chi connectivity index (χ2n) is 5.24. The topological polar surface area (TPSA) is 63.4 Å². The molecule has 0 radical (unpaired) electrons. The standard InChI is InChI=1S/C13H17BrF2N2O2S/c1-8-3-2-4-18(12(8)7-17)21(19,20)13-10(14)5-9(15)6-11(13)16/h5-6,8,12H,2-4,7,17H2,1H3. The first-order chi connectivity index (χ1) is 9.78. The number of halogens is 3. The van der Waals surface area contributed by atoms with Gasteiger partial charge in [0.25, 0.3) is 0 Å². The molecule has 0 aliphatic carbocycles. The lowest BCUT2D eigenvalue weighted by Crippen LogP contribution is -2.51. The molecule has 2 rings (SSSR count). The zero-order valence-corrected chi connectivity index (χ0v) is 13.9. The molecule has 2 atom stereocenters. The molecular formula is C13H17BrF2N2O2S. The number of nitrogens with zero attached hydrogens (tertiary/aromatic N) is 1. The van der Waals surface area contributed by atoms with Crippen LogP contribution in [0.3, 0.4) is 0 Å². The smallest absolute Gasteiger partial charge is 0.247 e. The van der Waals surface area contributed by atoms with Crippen LogP contribution in [0.2, 0.25) is 0 Å². The molecule has 0 spiro atoms. The maximum absolute atomic E-state index is 14.0. The van der Waals surface area contributed by atoms with Crippen LogP contribution in [0, 0.1) is 17.6 Å². The van der Waals surface area contributed by atoms with Gasteiger partial charge in [-0.1, -0.05) is 6.92 Å². The summed E-state index contributed by atoms with van der Waals surface area (Å²) in [5.74, 6) is -1.84. The average Bonchev–Trinajstić information content (AvgIpc) is 2.36. The Morgan fingerprint density at radius 1 is 1.43 bits per heavy atom. The molecule has 1 fully saturated rings. The molecule has 1 heterocycles. The summed E-state index contributed by atoms with van der Waals surface area (Å²) in [7, 11) is -4.07. The SMILES string of the molecule is CC1CCCN(S(=O)(=O)c2c(F)cc(F)cc2Br)C1CN. The van der Waals surface area contributed by atoms with Crippen molar-refractivity contribution in [2.24, 2.45) is 11.7 Å². The summed E-state index contributed by atoms with van der Waals surface area (Å²) in [4.78, 5) is -0.531. The monoisotopic (exact) mass is 382 g/mol. The van der Waals surface area contributed by atoms with E-state index >= 15 is 0 Å². The van der Waals surface area contributed by atoms with Gasteiger partial charge in [0.2, 0.25) is 10.0 Å². The van der Waals surface area contributed by atoms with E-state index in [-0.39, 0.29) is 29.5 Å². The van der Waals surface area contributed by atoms with E-state index < -0.39 is 26.6 Å². The molecule has 8 heteroatoms. The molecule has 0 amide bonds. The van der Waals surface area contributed by atoms with Crippen LogP contribution in [0.1, 0.15) is 19.8 Å². The molecule has 0 saturated carbocycles. The highest BCUT2D eigenvalue weighted by molar-refractivity contribution is 9.10. The van der Waals surface area contributed by atoms with Gasteiger partial charge >= 0.3 is 0 Å². The zero-order chi connectivity index (χ0) is 15.8. The largest absolute Gasteiger partial charge is 0.329 e. The van der Waals surface area contributed by atoms with Crippen molar-refractivity contribution in [3.05, 3.63) is 28.2 Å². The molecule has 4 nitrogen and oxygen atoms in total. The fourth-order valence-electron chi connectivity index (χ4n) is 2.75. The number of sulfonamides is 1. The quantitative estimate of drug-likeness (QED) is 0.873. The van der Waals surface area contributed by atoms with Crippen molar-refractivity contribution in [2.45, 2.75) is 30.7 Å². The normalized spacial score (nSPS) is 24.2. The third-order valence-corrected chi connectivity index (χ3v) is 6.73. The summed E-state index contributed by atoms with van der Waals surface area (Å²) in [6.45, 7) is 2.38. The number of benzene rings is 1. The average molecular weight is 383 g/mol. The number of hydrogen-bond donors (Lipinski definition) is 1. The maximum atomic E-state index is 14.0. The predicted molar refractivity (Wildman–Crippen MR) is 79.2 cm³/mol. The summed E-state index contributed by atoms with van der Waals surface area (Å²) in [5, 5.41) is 0. The van der Waals surface area contributed by atoms with Crippen LogP contribution in [-0.2, 0) is 10.0 Å². The van der Waals surface area contributed by atoms with Gasteiger partial charge in [-0.25, -0.2) is 17.2 Å². The van der Waals surface area contributed by atoms with Gasteiger partial charge in [-0.05, 0) is 40.8 Å². The van der Waals surface area contributed by atoms with E-state index in [4.69, 9.17) is 5.73 Å². The third kappa shape index (κ3) is 3.13. The Morgan fingerprint density at radius 2 is 2.10 bits per heavy atom. The molecule has 0 aromatic heterocycles. The third-order valence-electron chi connectivity index (χ3n) is 3.84. The van der Waals surface area contributed by atoms with Crippen molar-refractivity contribution in [1.82, 2.24) is 4.31 Å². The Balaban J connectivity index is 2.51. The molecule has 2 N–H and O–H groups in total. The second kappa shape index (κ2) is 6.28. The first-order valence-electron chi connectivity index (χ1n) is 6.65. The van der Waals surface area contributed by atoms with Crippen molar-refractivity contribution >= 4 is 26.0 Å². The van der Waals surface area contributed by atoms with E-state index in [1.165, 1.54) is 4.31 Å². The highest BCUT2D eigenvalue weighted by atomic mass is 79.9. The minimum atomic E-state index is -4.07. The van der Waals surface area contributed by atoms with Gasteiger partial charge in [-0.15, -0.1) is 0 Å². The minimum Gasteiger partial charge on any atom is -0.329 e. The number of nitrogens with two attached hydrogens (primary N) is 1. The van der Waals surface area contributed by atoms with Gasteiger partial charge in [0, 0.05) is 29.7 Å². The van der Waals surface area contributed by atoms with E-state index in [2.05, 4.69) is 15.9 Å². The van der Waals surface area contributed by atoms with Gasteiger partial charge in [0.1, 0.15) is 16.5 Å². The molecule has 2 unspecified atom stereocenters. The molecule has 21 heavy (non-hydrogen) atoms. The van der Waals surface area contributed by atoms with Crippen molar-refractivity contribution in [3.63, 3.8) is 0 Å². The highest BCUT2D eigenvalue weighted by Gasteiger charge is 2.38. The summed E-state index contributed by atoms with van der Waals surface area (Å²) < 4.78 is 53.7. The Hall–Kier alpha value is -0.570. The molecule has 1 aliphatic heterocycles. The molecule has 1 saturated heterocycles. The first kappa shape index (κ1) is 16.8. The van der Waals surface area contributed by atoms with Crippen molar-refractivity contribution in [2.75, 3.05) is 13.1 Å². The minimum absolute atomic E-state index is 0.0980. The predicted octanol–water partition coefficient (Wildman–Crippen LogP) is 2.48. The first-order valence-corrected chi connectivity index (χ1v) is 8.88. The number of piperidine rings is 1. The molecule has 0 bridgehead atoms. The molecular weight excluding hydrogens is 366 g/mol. The fraction of sp³-hybridized carbons (Fsp3) is 0.538. The van der Waals surface area contributed by atoms with Crippen LogP contribution < -0.4 is 5.73 Å². The summed E-state index contributed by atoms with van der Waals surface area (Å²) in [6.07, 6.45) is 1.57. The lowest BCUT2D eigenvalue weighted by molar-refractivity contribution is 0.192. The molecule has 1 aromatic rings. The van der Waals surface area contributed by atoms with Gasteiger partial charge in [-0.2, -0.15) is 4.31 Å². The lowest BCUT2D eigenvalue weighted by atomic mass is 9.93. The Morgan fingerprint density at radius 3 is 2.67 bits per heavy atom. The number of hydrogen-bond acceptors (Lipinski definition) is 3. The van der Waals surface area contributed by atoms with Crippen molar-refractivity contribution < 1.29 is 17.2 Å². The van der Waals surface area contributed by atoms with E-state index in [1.54, 1.807) is 0 Å². The van der Waals surface area contributed by atoms with E-state index in [0.717, 1.165) is 12.5 Å². The summed E-state index contributed by atoms with van der Waals surface area (Å²) >= 11 is 2.94. The van der Waals surface area contributed by atoms with Crippen LogP contribution in [-0.4, -0.2) is 31.9 Å². The zero-order valence-electron chi connectivity index (χ0n) is 11.5. The Bertz CT molecular complexity index is 616. The van der Waals surface area contributed by atoms with Gasteiger partial charge < -0.3 is 5.73 Å². The molecule has 1 aromatic carbocycles. The number of rotatable bonds is 3. The van der Waals surface area contributed by atoms with E-state index in [9.17, 15) is 17.2 Å². The Labute approximate surface area is 131 Å². The van der Waals surface area contributed by atoms with Crippen molar-refractivity contribution in [3.8, 4) is 0 Å². The summed E-state index contributed by atoms with van der Waals surface area (Å²) in [5.41, 5.74) is 5.69. The summed E-state index contributed by atoms with van der Waals surface area (Å²) in [6, 6.07) is 1.14. The van der Waals surface area contributed by atoms with Gasteiger partial charge in [-0.3, -0.25) is 0 Å². The lowest BCUT2D eigenvalue weighted by Gasteiger charge is -2.38. The van der Waals surface area contributed by atoms with Crippen LogP contribution in [0.5, 0.6) is 0 Å². The Kier molecular flexibility index (Phi) is 5.02. The van der Waals surface area contributed by atoms with E-state index in [1.807, 2.05) is 6.92 Å². The maximum Gasteiger partial charge on any atom is 0.247 e. The van der Waals surface area contributed by atoms with Crippen LogP contribution in [0.4, 0.5) is 8.78 Å². The van der Waals surface area contributed by atoms with Crippen LogP contribution in [0.25, 0.3) is 0 Å². The van der Waals surface area contributed by atoms with Crippen LogP contribution in [0.15, 0.2) is 21.5 Å². The molecule has 118 valence electrons. The fourth-order valence-corrected chi connectivity index (χ4v) is 5.64.